The molecule has 0 spiro atoms. The van der Waals surface area contributed by atoms with Crippen LogP contribution < -0.4 is 9.47 Å². The average molecular weight is 643 g/mol. The van der Waals surface area contributed by atoms with Crippen molar-refractivity contribution in [1.82, 2.24) is 9.55 Å². The molecule has 174 valence electrons. The first-order valence-corrected chi connectivity index (χ1v) is 11.5. The second-order valence-electron chi connectivity index (χ2n) is 8.21. The van der Waals surface area contributed by atoms with Crippen molar-refractivity contribution in [1.29, 1.82) is 0 Å². The molecule has 0 aliphatic carbocycles. The Morgan fingerprint density at radius 2 is 1.50 bits per heavy atom. The van der Waals surface area contributed by atoms with Crippen LogP contribution in [0.5, 0.6) is 0 Å². The number of anilines is 2. The van der Waals surface area contributed by atoms with Gasteiger partial charge < -0.3 is 14.5 Å². The summed E-state index contributed by atoms with van der Waals surface area (Å²) in [5.74, 6) is 0. The summed E-state index contributed by atoms with van der Waals surface area (Å²) in [4.78, 5) is 6.44. The SMILES string of the molecule is CN1c2ccc[c-]c2-[n+]2[c-]n(-c3ccccc3)c3cccc1c32.[Ir+3].[c-]1ccccc1-c1ccccn1. The Morgan fingerprint density at radius 3 is 2.28 bits per heavy atom. The summed E-state index contributed by atoms with van der Waals surface area (Å²) in [6.45, 7) is 0. The van der Waals surface area contributed by atoms with Gasteiger partial charge in [0.05, 0.1) is 11.2 Å². The van der Waals surface area contributed by atoms with Gasteiger partial charge in [-0.1, -0.05) is 48.2 Å². The number of imidazole rings is 1. The summed E-state index contributed by atoms with van der Waals surface area (Å²) in [7, 11) is 2.10. The van der Waals surface area contributed by atoms with Crippen molar-refractivity contribution in [2.75, 3.05) is 11.9 Å². The number of rotatable bonds is 2. The van der Waals surface area contributed by atoms with Crippen LogP contribution in [-0.2, 0) is 20.1 Å². The van der Waals surface area contributed by atoms with Crippen LogP contribution in [0.25, 0.3) is 33.7 Å². The van der Waals surface area contributed by atoms with E-state index in [4.69, 9.17) is 0 Å². The smallest absolute Gasteiger partial charge is 0.404 e. The number of para-hydroxylation sites is 3. The van der Waals surface area contributed by atoms with Crippen molar-refractivity contribution < 1.29 is 24.7 Å². The molecule has 3 heterocycles. The summed E-state index contributed by atoms with van der Waals surface area (Å²) in [6.07, 6.45) is 5.29. The van der Waals surface area contributed by atoms with Crippen molar-refractivity contribution in [2.24, 2.45) is 0 Å². The average Bonchev–Trinajstić information content (AvgIpc) is 3.34. The van der Waals surface area contributed by atoms with Gasteiger partial charge in [0, 0.05) is 11.9 Å². The van der Waals surface area contributed by atoms with Crippen LogP contribution in [0, 0.1) is 18.5 Å². The van der Waals surface area contributed by atoms with E-state index in [1.165, 1.54) is 5.69 Å². The molecule has 0 fully saturated rings. The zero-order valence-corrected chi connectivity index (χ0v) is 22.0. The molecule has 0 saturated heterocycles. The van der Waals surface area contributed by atoms with E-state index in [0.717, 1.165) is 39.4 Å². The minimum absolute atomic E-state index is 0. The van der Waals surface area contributed by atoms with Gasteiger partial charge in [-0.3, -0.25) is 4.57 Å². The van der Waals surface area contributed by atoms with E-state index in [-0.39, 0.29) is 20.1 Å². The van der Waals surface area contributed by atoms with Gasteiger partial charge in [-0.05, 0) is 42.7 Å². The van der Waals surface area contributed by atoms with E-state index in [2.05, 4.69) is 93.1 Å². The van der Waals surface area contributed by atoms with Crippen LogP contribution >= 0.6 is 0 Å². The number of fused-ring (bicyclic) bond motifs is 2. The molecule has 0 radical (unpaired) electrons. The Kier molecular flexibility index (Phi) is 6.77. The summed E-state index contributed by atoms with van der Waals surface area (Å²) in [5, 5.41) is 0. The molecule has 0 N–H and O–H groups in total. The Hall–Kier alpha value is -4.05. The molecule has 0 unspecified atom stereocenters. The van der Waals surface area contributed by atoms with Crippen LogP contribution in [0.2, 0.25) is 0 Å². The van der Waals surface area contributed by atoms with Gasteiger partial charge in [-0.15, -0.1) is 35.9 Å². The first kappa shape index (κ1) is 23.7. The summed E-state index contributed by atoms with van der Waals surface area (Å²) >= 11 is 0. The molecule has 0 atom stereocenters. The number of hydrogen-bond acceptors (Lipinski definition) is 2. The van der Waals surface area contributed by atoms with Crippen LogP contribution in [0.3, 0.4) is 0 Å². The molecule has 5 heteroatoms. The molecule has 1 aliphatic rings. The van der Waals surface area contributed by atoms with E-state index in [1.54, 1.807) is 6.20 Å². The monoisotopic (exact) mass is 643 g/mol. The third-order valence-electron chi connectivity index (χ3n) is 6.08. The van der Waals surface area contributed by atoms with Gasteiger partial charge in [0.2, 0.25) is 0 Å². The second kappa shape index (κ2) is 10.3. The van der Waals surface area contributed by atoms with Crippen molar-refractivity contribution >= 4 is 22.4 Å². The van der Waals surface area contributed by atoms with Crippen LogP contribution in [0.4, 0.5) is 11.4 Å². The molecule has 1 aliphatic heterocycles. The quantitative estimate of drug-likeness (QED) is 0.168. The number of nitrogens with zero attached hydrogens (tertiary/aromatic N) is 4. The molecule has 0 amide bonds. The van der Waals surface area contributed by atoms with Crippen LogP contribution in [-0.4, -0.2) is 16.6 Å². The molecule has 2 aromatic heterocycles. The number of aromatic nitrogens is 3. The minimum Gasteiger partial charge on any atom is -0.404 e. The van der Waals surface area contributed by atoms with E-state index >= 15 is 0 Å². The van der Waals surface area contributed by atoms with Crippen molar-refractivity contribution in [3.05, 3.63) is 134 Å². The molecule has 0 saturated carbocycles. The predicted molar refractivity (Wildman–Crippen MR) is 139 cm³/mol. The van der Waals surface area contributed by atoms with E-state index in [9.17, 15) is 0 Å². The van der Waals surface area contributed by atoms with E-state index in [1.807, 2.05) is 60.7 Å². The molecule has 36 heavy (non-hydrogen) atoms. The largest absolute Gasteiger partial charge is 3.00 e. The first-order valence-electron chi connectivity index (χ1n) is 11.5. The predicted octanol–water partition coefficient (Wildman–Crippen LogP) is 6.14. The minimum atomic E-state index is 0. The zero-order valence-electron chi connectivity index (χ0n) is 19.6. The first-order chi connectivity index (χ1) is 17.3. The second-order valence-corrected chi connectivity index (χ2v) is 8.21. The van der Waals surface area contributed by atoms with Crippen molar-refractivity contribution in [2.45, 2.75) is 0 Å². The standard InChI is InChI=1S/C20H14N3.C11H8N.Ir/c1-21-16-10-5-6-11-17(16)23-14-22(15-8-3-2-4-9-15)19-13-7-12-18(21)20(19)23;1-2-6-10(7-3-1)11-8-4-5-9-12-11;/h2-10,12-13H,1H3;1-6,8-9H;/q2*-1;+3. The molecule has 6 aromatic rings. The Labute approximate surface area is 224 Å². The van der Waals surface area contributed by atoms with Gasteiger partial charge in [-0.25, -0.2) is 0 Å². The zero-order chi connectivity index (χ0) is 23.6. The fourth-order valence-corrected chi connectivity index (χ4v) is 4.41. The molecular weight excluding hydrogens is 621 g/mol. The Balaban J connectivity index is 0.000000175. The maximum Gasteiger partial charge on any atom is 3.00 e. The number of hydrogen-bond donors (Lipinski definition) is 0. The maximum atomic E-state index is 4.22. The molecule has 7 rings (SSSR count). The Morgan fingerprint density at radius 1 is 0.722 bits per heavy atom. The van der Waals surface area contributed by atoms with Gasteiger partial charge >= 0.3 is 20.1 Å². The number of pyridine rings is 1. The van der Waals surface area contributed by atoms with Gasteiger partial charge in [0.1, 0.15) is 5.52 Å². The van der Waals surface area contributed by atoms with Crippen molar-refractivity contribution in [3.63, 3.8) is 0 Å². The summed E-state index contributed by atoms with van der Waals surface area (Å²) < 4.78 is 4.23. The topological polar surface area (TPSA) is 24.9 Å². The normalized spacial score (nSPS) is 11.2. The molecule has 0 bridgehead atoms. The van der Waals surface area contributed by atoms with Gasteiger partial charge in [0.15, 0.2) is 0 Å². The maximum absolute atomic E-state index is 4.22. The van der Waals surface area contributed by atoms with Gasteiger partial charge in [0.25, 0.3) is 6.33 Å². The Bertz CT molecular complexity index is 1560. The molecule has 4 aromatic carbocycles. The van der Waals surface area contributed by atoms with Gasteiger partial charge in [-0.2, -0.15) is 24.3 Å². The molecular formula is C31H22IrN4+. The summed E-state index contributed by atoms with van der Waals surface area (Å²) in [5.41, 5.74) is 8.78. The van der Waals surface area contributed by atoms with Crippen molar-refractivity contribution in [3.8, 4) is 22.6 Å². The molecule has 4 nitrogen and oxygen atoms in total. The number of benzene rings is 4. The van der Waals surface area contributed by atoms with E-state index < -0.39 is 0 Å². The fraction of sp³-hybridized carbons (Fsp3) is 0.0323. The third kappa shape index (κ3) is 4.24. The van der Waals surface area contributed by atoms with E-state index in [0.29, 0.717) is 0 Å². The summed E-state index contributed by atoms with van der Waals surface area (Å²) in [6, 6.07) is 43.0. The van der Waals surface area contributed by atoms with Crippen LogP contribution in [0.15, 0.2) is 115 Å². The third-order valence-corrected chi connectivity index (χ3v) is 6.08. The van der Waals surface area contributed by atoms with Crippen LogP contribution in [0.1, 0.15) is 0 Å². The fourth-order valence-electron chi connectivity index (χ4n) is 4.41.